The minimum Gasteiger partial charge on any atom is -0.495 e. The Labute approximate surface area is 182 Å². The molecule has 0 bridgehead atoms. The number of aromatic nitrogens is 2. The fraction of sp³-hybridized carbons (Fsp3) is 0.167. The van der Waals surface area contributed by atoms with Crippen molar-refractivity contribution in [2.24, 2.45) is 0 Å². The summed E-state index contributed by atoms with van der Waals surface area (Å²) in [5, 5.41) is 2.79. The summed E-state index contributed by atoms with van der Waals surface area (Å²) in [6, 6.07) is 13.8. The van der Waals surface area contributed by atoms with Crippen molar-refractivity contribution in [1.29, 1.82) is 0 Å². The molecule has 0 atom stereocenters. The molecule has 8 heteroatoms. The van der Waals surface area contributed by atoms with Crippen molar-refractivity contribution in [2.75, 3.05) is 12.4 Å². The zero-order valence-corrected chi connectivity index (χ0v) is 17.4. The molecule has 0 spiro atoms. The van der Waals surface area contributed by atoms with Crippen LogP contribution in [0.4, 0.5) is 18.9 Å². The third kappa shape index (κ3) is 4.59. The molecule has 32 heavy (non-hydrogen) atoms. The van der Waals surface area contributed by atoms with E-state index in [1.807, 2.05) is 41.9 Å². The van der Waals surface area contributed by atoms with E-state index >= 15 is 0 Å². The van der Waals surface area contributed by atoms with Crippen molar-refractivity contribution < 1.29 is 22.7 Å². The van der Waals surface area contributed by atoms with Gasteiger partial charge in [-0.1, -0.05) is 12.1 Å². The topological polar surface area (TPSA) is 55.6 Å². The van der Waals surface area contributed by atoms with Gasteiger partial charge in [0.1, 0.15) is 11.4 Å². The number of nitrogens with zero attached hydrogens (tertiary/aromatic N) is 2. The molecule has 0 aliphatic carbocycles. The lowest BCUT2D eigenvalue weighted by atomic mass is 10.1. The molecule has 0 fully saturated rings. The Bertz CT molecular complexity index is 1280. The fourth-order valence-corrected chi connectivity index (χ4v) is 3.38. The molecule has 2 heterocycles. The lowest BCUT2D eigenvalue weighted by Gasteiger charge is -2.12. The molecule has 2 aromatic heterocycles. The van der Waals surface area contributed by atoms with Gasteiger partial charge in [0.25, 0.3) is 0 Å². The Kier molecular flexibility index (Phi) is 5.61. The number of fused-ring (bicyclic) bond motifs is 1. The number of aryl methyl sites for hydroxylation is 1. The third-order valence-electron chi connectivity index (χ3n) is 5.03. The molecule has 0 radical (unpaired) electrons. The van der Waals surface area contributed by atoms with E-state index in [4.69, 9.17) is 4.74 Å². The van der Waals surface area contributed by atoms with E-state index in [9.17, 15) is 18.0 Å². The van der Waals surface area contributed by atoms with Crippen molar-refractivity contribution in [2.45, 2.75) is 19.5 Å². The van der Waals surface area contributed by atoms with Gasteiger partial charge < -0.3 is 14.5 Å². The molecule has 1 amide bonds. The zero-order chi connectivity index (χ0) is 22.9. The van der Waals surface area contributed by atoms with Gasteiger partial charge in [-0.15, -0.1) is 0 Å². The number of carbonyl (C=O) groups is 1. The number of carbonyl (C=O) groups excluding carboxylic acids is 1. The molecule has 0 saturated heterocycles. The van der Waals surface area contributed by atoms with Gasteiger partial charge in [-0.3, -0.25) is 4.79 Å². The van der Waals surface area contributed by atoms with E-state index in [1.54, 1.807) is 12.1 Å². The van der Waals surface area contributed by atoms with E-state index in [1.165, 1.54) is 19.2 Å². The quantitative estimate of drug-likeness (QED) is 0.446. The fourth-order valence-electron chi connectivity index (χ4n) is 3.38. The lowest BCUT2D eigenvalue weighted by molar-refractivity contribution is -0.137. The van der Waals surface area contributed by atoms with Crippen molar-refractivity contribution in [3.63, 3.8) is 0 Å². The Hall–Kier alpha value is -3.81. The molecule has 4 rings (SSSR count). The molecule has 0 aliphatic rings. The van der Waals surface area contributed by atoms with Gasteiger partial charge in [0.05, 0.1) is 30.5 Å². The lowest BCUT2D eigenvalue weighted by Crippen LogP contribution is -2.15. The van der Waals surface area contributed by atoms with Crippen LogP contribution in [0, 0.1) is 6.92 Å². The van der Waals surface area contributed by atoms with Gasteiger partial charge in [0.2, 0.25) is 5.91 Å². The van der Waals surface area contributed by atoms with Crippen molar-refractivity contribution in [3.8, 4) is 17.0 Å². The van der Waals surface area contributed by atoms with Crippen molar-refractivity contribution in [1.82, 2.24) is 9.38 Å². The van der Waals surface area contributed by atoms with E-state index in [0.29, 0.717) is 17.0 Å². The summed E-state index contributed by atoms with van der Waals surface area (Å²) in [7, 11) is 1.49. The average Bonchev–Trinajstić information content (AvgIpc) is 3.16. The third-order valence-corrected chi connectivity index (χ3v) is 5.03. The molecule has 164 valence electrons. The number of anilines is 1. The Balaban J connectivity index is 1.55. The number of hydrogen-bond donors (Lipinski definition) is 1. The number of nitrogens with one attached hydrogen (secondary N) is 1. The maximum Gasteiger partial charge on any atom is 0.416 e. The van der Waals surface area contributed by atoms with Gasteiger partial charge in [-0.2, -0.15) is 13.2 Å². The second kappa shape index (κ2) is 8.37. The van der Waals surface area contributed by atoms with E-state index < -0.39 is 11.7 Å². The van der Waals surface area contributed by atoms with Crippen LogP contribution in [0.5, 0.6) is 5.75 Å². The second-order valence-corrected chi connectivity index (χ2v) is 7.43. The summed E-state index contributed by atoms with van der Waals surface area (Å²) >= 11 is 0. The number of hydrogen-bond acceptors (Lipinski definition) is 3. The molecule has 0 saturated carbocycles. The number of amides is 1. The average molecular weight is 439 g/mol. The first-order valence-corrected chi connectivity index (χ1v) is 9.83. The summed E-state index contributed by atoms with van der Waals surface area (Å²) in [6.45, 7) is 1.99. The van der Waals surface area contributed by atoms with Crippen LogP contribution in [-0.2, 0) is 17.4 Å². The van der Waals surface area contributed by atoms with Crippen LogP contribution in [0.2, 0.25) is 0 Å². The number of methoxy groups -OCH3 is 1. The molecular weight excluding hydrogens is 419 g/mol. The number of alkyl halides is 3. The maximum absolute atomic E-state index is 12.7. The summed E-state index contributed by atoms with van der Waals surface area (Å²) in [5.74, 6) is 0.0972. The zero-order valence-electron chi connectivity index (χ0n) is 17.4. The Morgan fingerprint density at radius 3 is 2.53 bits per heavy atom. The normalized spacial score (nSPS) is 11.5. The predicted molar refractivity (Wildman–Crippen MR) is 116 cm³/mol. The number of halogens is 3. The molecule has 0 aliphatic heterocycles. The Morgan fingerprint density at radius 2 is 1.84 bits per heavy atom. The summed E-state index contributed by atoms with van der Waals surface area (Å²) < 4.78 is 45.4. The van der Waals surface area contributed by atoms with E-state index in [2.05, 4.69) is 10.3 Å². The molecule has 1 N–H and O–H groups in total. The minimum atomic E-state index is -4.41. The highest BCUT2D eigenvalue weighted by Crippen LogP contribution is 2.31. The molecular formula is C24H20F3N3O2. The SMILES string of the molecule is COc1ccc(-c2cn3ccc(C)cc3n2)cc1NC(=O)Cc1ccc(C(F)(F)F)cc1. The number of pyridine rings is 1. The maximum atomic E-state index is 12.7. The first-order valence-electron chi connectivity index (χ1n) is 9.83. The Morgan fingerprint density at radius 1 is 1.09 bits per heavy atom. The highest BCUT2D eigenvalue weighted by molar-refractivity contribution is 5.94. The molecule has 5 nitrogen and oxygen atoms in total. The summed E-state index contributed by atoms with van der Waals surface area (Å²) in [6.07, 6.45) is -0.661. The van der Waals surface area contributed by atoms with Gasteiger partial charge >= 0.3 is 6.18 Å². The second-order valence-electron chi connectivity index (χ2n) is 7.43. The number of rotatable bonds is 5. The number of imidazole rings is 1. The van der Waals surface area contributed by atoms with E-state index in [0.717, 1.165) is 34.6 Å². The van der Waals surface area contributed by atoms with Crippen molar-refractivity contribution in [3.05, 3.63) is 83.7 Å². The first-order chi connectivity index (χ1) is 15.2. The largest absolute Gasteiger partial charge is 0.495 e. The predicted octanol–water partition coefficient (Wildman–Crippen LogP) is 5.52. The van der Waals surface area contributed by atoms with E-state index in [-0.39, 0.29) is 12.3 Å². The van der Waals surface area contributed by atoms with Crippen LogP contribution in [0.3, 0.4) is 0 Å². The summed E-state index contributed by atoms with van der Waals surface area (Å²) in [5.41, 5.74) is 3.60. The van der Waals surface area contributed by atoms with Crippen LogP contribution in [-0.4, -0.2) is 22.4 Å². The van der Waals surface area contributed by atoms with Crippen LogP contribution in [0.25, 0.3) is 16.9 Å². The van der Waals surface area contributed by atoms with Gasteiger partial charge in [0.15, 0.2) is 0 Å². The van der Waals surface area contributed by atoms with Crippen LogP contribution >= 0.6 is 0 Å². The number of ether oxygens (including phenoxy) is 1. The highest BCUT2D eigenvalue weighted by atomic mass is 19.4. The molecule has 2 aromatic carbocycles. The van der Waals surface area contributed by atoms with Gasteiger partial charge in [-0.25, -0.2) is 4.98 Å². The summed E-state index contributed by atoms with van der Waals surface area (Å²) in [4.78, 5) is 17.2. The van der Waals surface area contributed by atoms with Crippen LogP contribution in [0.1, 0.15) is 16.7 Å². The standard InChI is InChI=1S/C24H20F3N3O2/c1-15-9-10-30-14-20(28-22(30)11-15)17-5-8-21(32-2)19(13-17)29-23(31)12-16-3-6-18(7-4-16)24(25,26)27/h3-11,13-14H,12H2,1-2H3,(H,29,31). The monoisotopic (exact) mass is 439 g/mol. The van der Waals surface area contributed by atoms with Gasteiger partial charge in [-0.05, 0) is 60.5 Å². The molecule has 4 aromatic rings. The highest BCUT2D eigenvalue weighted by Gasteiger charge is 2.30. The van der Waals surface area contributed by atoms with Crippen molar-refractivity contribution >= 4 is 17.2 Å². The minimum absolute atomic E-state index is 0.0703. The first kappa shape index (κ1) is 21.4. The van der Waals surface area contributed by atoms with Crippen LogP contribution < -0.4 is 10.1 Å². The number of benzene rings is 2. The smallest absolute Gasteiger partial charge is 0.416 e. The van der Waals surface area contributed by atoms with Gasteiger partial charge in [0, 0.05) is 18.0 Å². The van der Waals surface area contributed by atoms with Crippen LogP contribution in [0.15, 0.2) is 67.0 Å². The molecule has 0 unspecified atom stereocenters.